The topological polar surface area (TPSA) is 73.9 Å². The van der Waals surface area contributed by atoms with Gasteiger partial charge in [0, 0.05) is 5.92 Å². The molecule has 2 saturated heterocycles. The van der Waals surface area contributed by atoms with Crippen molar-refractivity contribution in [2.24, 2.45) is 5.92 Å². The van der Waals surface area contributed by atoms with Crippen LogP contribution in [0.5, 0.6) is 0 Å². The normalized spacial score (nSPS) is 43.1. The van der Waals surface area contributed by atoms with Crippen molar-refractivity contribution in [2.75, 3.05) is 19.8 Å². The lowest BCUT2D eigenvalue weighted by Gasteiger charge is -2.37. The van der Waals surface area contributed by atoms with Gasteiger partial charge < -0.3 is 13.8 Å². The van der Waals surface area contributed by atoms with E-state index < -0.39 is 18.9 Å². The number of rotatable bonds is 3. The van der Waals surface area contributed by atoms with E-state index in [1.807, 2.05) is 6.92 Å². The minimum atomic E-state index is -3.23. The summed E-state index contributed by atoms with van der Waals surface area (Å²) >= 11 is 0. The lowest BCUT2D eigenvalue weighted by molar-refractivity contribution is -0.145. The molecule has 2 aliphatic heterocycles. The number of hydrogen-bond acceptors (Lipinski definition) is 6. The highest BCUT2D eigenvalue weighted by molar-refractivity contribution is 7.55. The van der Waals surface area contributed by atoms with Crippen LogP contribution in [0.1, 0.15) is 33.6 Å². The van der Waals surface area contributed by atoms with Gasteiger partial charge in [0.05, 0.1) is 19.8 Å². The summed E-state index contributed by atoms with van der Waals surface area (Å²) in [7, 11) is -3.23. The fourth-order valence-electron chi connectivity index (χ4n) is 2.40. The molecule has 110 valence electrons. The Hall–Kier alpha value is -0.420. The van der Waals surface area contributed by atoms with Crippen LogP contribution >= 0.6 is 7.60 Å². The highest BCUT2D eigenvalue weighted by Gasteiger charge is 2.54. The Morgan fingerprint density at radius 1 is 1.47 bits per heavy atom. The smallest absolute Gasteiger partial charge is 0.350 e. The van der Waals surface area contributed by atoms with Crippen molar-refractivity contribution in [3.63, 3.8) is 0 Å². The minimum absolute atomic E-state index is 0.243. The van der Waals surface area contributed by atoms with Crippen LogP contribution in [-0.4, -0.2) is 37.1 Å². The first-order chi connectivity index (χ1) is 8.90. The van der Waals surface area contributed by atoms with Crippen molar-refractivity contribution >= 4 is 13.6 Å². The number of carbonyl (C=O) groups is 1. The second kappa shape index (κ2) is 5.52. The number of hydrogen-bond donors (Lipinski definition) is 1. The van der Waals surface area contributed by atoms with E-state index in [1.165, 1.54) is 0 Å². The lowest BCUT2D eigenvalue weighted by Crippen LogP contribution is -2.45. The molecule has 6 nitrogen and oxygen atoms in total. The molecule has 2 fully saturated rings. The largest absolute Gasteiger partial charge is 0.465 e. The molecule has 2 aliphatic rings. The Morgan fingerprint density at radius 3 is 2.68 bits per heavy atom. The first-order valence-corrected chi connectivity index (χ1v) is 8.28. The van der Waals surface area contributed by atoms with E-state index in [-0.39, 0.29) is 11.9 Å². The zero-order chi connectivity index (χ0) is 14.1. The first-order valence-electron chi connectivity index (χ1n) is 6.74. The molecule has 2 heterocycles. The Morgan fingerprint density at radius 2 is 2.11 bits per heavy atom. The molecule has 1 N–H and O–H groups in total. The summed E-state index contributed by atoms with van der Waals surface area (Å²) in [6.07, 6.45) is 1.16. The molecular weight excluding hydrogens is 269 g/mol. The van der Waals surface area contributed by atoms with E-state index in [2.05, 4.69) is 5.32 Å². The maximum Gasteiger partial charge on any atom is 0.350 e. The van der Waals surface area contributed by atoms with E-state index in [0.717, 1.165) is 0 Å². The second-order valence-corrected chi connectivity index (χ2v) is 7.95. The fraction of sp³-hybridized carbons (Fsp3) is 0.917. The molecule has 2 rings (SSSR count). The van der Waals surface area contributed by atoms with Gasteiger partial charge in [0.1, 0.15) is 11.3 Å². The van der Waals surface area contributed by atoms with E-state index in [1.54, 1.807) is 13.8 Å². The van der Waals surface area contributed by atoms with Crippen LogP contribution in [0.4, 0.5) is 0 Å². The van der Waals surface area contributed by atoms with E-state index >= 15 is 0 Å². The van der Waals surface area contributed by atoms with Gasteiger partial charge in [-0.15, -0.1) is 0 Å². The lowest BCUT2D eigenvalue weighted by atomic mass is 10.2. The summed E-state index contributed by atoms with van der Waals surface area (Å²) in [4.78, 5) is 11.7. The standard InChI is InChI=1S/C12H22NO5P/c1-4-16-11(14)10-5-6-12(3,13-10)19(15)17-7-9(2)8-18-19/h9-10,13H,4-8H2,1-3H3. The third-order valence-electron chi connectivity index (χ3n) is 3.64. The summed E-state index contributed by atoms with van der Waals surface area (Å²) < 4.78 is 28.7. The summed E-state index contributed by atoms with van der Waals surface area (Å²) in [5, 5.41) is 2.29. The van der Waals surface area contributed by atoms with Gasteiger partial charge >= 0.3 is 13.6 Å². The maximum atomic E-state index is 12.8. The predicted molar refractivity (Wildman–Crippen MR) is 69.9 cm³/mol. The minimum Gasteiger partial charge on any atom is -0.465 e. The zero-order valence-corrected chi connectivity index (χ0v) is 12.6. The van der Waals surface area contributed by atoms with E-state index in [4.69, 9.17) is 13.8 Å². The number of carbonyl (C=O) groups excluding carboxylic acids is 1. The van der Waals surface area contributed by atoms with Crippen molar-refractivity contribution in [3.8, 4) is 0 Å². The summed E-state index contributed by atoms with van der Waals surface area (Å²) in [6.45, 7) is 6.74. The molecule has 0 aromatic carbocycles. The van der Waals surface area contributed by atoms with Crippen LogP contribution in [0.3, 0.4) is 0 Å². The predicted octanol–water partition coefficient (Wildman–Crippen LogP) is 1.89. The van der Waals surface area contributed by atoms with Crippen LogP contribution in [0.15, 0.2) is 0 Å². The molecule has 0 bridgehead atoms. The molecule has 7 heteroatoms. The van der Waals surface area contributed by atoms with Crippen LogP contribution < -0.4 is 5.32 Å². The average molecular weight is 291 g/mol. The van der Waals surface area contributed by atoms with Crippen LogP contribution in [0, 0.1) is 5.92 Å². The Labute approximate surface area is 113 Å². The Bertz CT molecular complexity index is 390. The fourth-order valence-corrected chi connectivity index (χ4v) is 4.66. The van der Waals surface area contributed by atoms with Crippen molar-refractivity contribution in [1.29, 1.82) is 0 Å². The Balaban J connectivity index is 2.04. The van der Waals surface area contributed by atoms with Crippen molar-refractivity contribution in [3.05, 3.63) is 0 Å². The molecular formula is C12H22NO5P. The van der Waals surface area contributed by atoms with Crippen molar-refractivity contribution in [1.82, 2.24) is 5.32 Å². The summed E-state index contributed by atoms with van der Waals surface area (Å²) in [5.74, 6) is -0.0591. The molecule has 19 heavy (non-hydrogen) atoms. The number of ether oxygens (including phenoxy) is 1. The average Bonchev–Trinajstić information content (AvgIpc) is 2.78. The third kappa shape index (κ3) is 2.87. The van der Waals surface area contributed by atoms with Gasteiger partial charge in [-0.2, -0.15) is 0 Å². The summed E-state index contributed by atoms with van der Waals surface area (Å²) in [5.41, 5.74) is 0. The monoisotopic (exact) mass is 291 g/mol. The van der Waals surface area contributed by atoms with Crippen LogP contribution in [0.25, 0.3) is 0 Å². The van der Waals surface area contributed by atoms with Gasteiger partial charge in [0.15, 0.2) is 0 Å². The van der Waals surface area contributed by atoms with Gasteiger partial charge in [-0.25, -0.2) is 0 Å². The second-order valence-electron chi connectivity index (χ2n) is 5.46. The van der Waals surface area contributed by atoms with E-state index in [0.29, 0.717) is 32.7 Å². The van der Waals surface area contributed by atoms with Crippen LogP contribution in [-0.2, 0) is 23.1 Å². The first kappa shape index (κ1) is 15.0. The van der Waals surface area contributed by atoms with Gasteiger partial charge in [-0.3, -0.25) is 14.7 Å². The highest BCUT2D eigenvalue weighted by atomic mass is 31.2. The summed E-state index contributed by atoms with van der Waals surface area (Å²) in [6, 6.07) is -0.428. The molecule has 0 aromatic heterocycles. The quantitative estimate of drug-likeness (QED) is 0.632. The molecule has 0 radical (unpaired) electrons. The van der Waals surface area contributed by atoms with Gasteiger partial charge in [0.25, 0.3) is 0 Å². The number of esters is 1. The van der Waals surface area contributed by atoms with Gasteiger partial charge in [-0.05, 0) is 26.7 Å². The Kier molecular flexibility index (Phi) is 4.35. The van der Waals surface area contributed by atoms with Gasteiger partial charge in [-0.1, -0.05) is 6.92 Å². The van der Waals surface area contributed by atoms with E-state index in [9.17, 15) is 9.36 Å². The molecule has 0 amide bonds. The maximum absolute atomic E-state index is 12.8. The van der Waals surface area contributed by atoms with Crippen LogP contribution in [0.2, 0.25) is 0 Å². The molecule has 2 unspecified atom stereocenters. The van der Waals surface area contributed by atoms with Gasteiger partial charge in [0.2, 0.25) is 0 Å². The molecule has 0 aliphatic carbocycles. The highest BCUT2D eigenvalue weighted by Crippen LogP contribution is 2.64. The molecule has 0 spiro atoms. The molecule has 0 saturated carbocycles. The SMILES string of the molecule is CCOC(=O)C1CCC(C)(P2(=O)OCC(C)CO2)N1. The molecule has 2 atom stereocenters. The zero-order valence-electron chi connectivity index (χ0n) is 11.7. The van der Waals surface area contributed by atoms with Crippen molar-refractivity contribution in [2.45, 2.75) is 44.9 Å². The van der Waals surface area contributed by atoms with Crippen molar-refractivity contribution < 1.29 is 23.1 Å². The number of nitrogens with one attached hydrogen (secondary N) is 1. The third-order valence-corrected chi connectivity index (χ3v) is 6.18. The molecule has 0 aromatic rings.